The maximum atomic E-state index is 14.0. The second-order valence-corrected chi connectivity index (χ2v) is 9.32. The lowest BCUT2D eigenvalue weighted by molar-refractivity contribution is -0.137. The van der Waals surface area contributed by atoms with Crippen molar-refractivity contribution in [1.82, 2.24) is 4.90 Å². The quantitative estimate of drug-likeness (QED) is 0.578. The molecule has 2 aromatic rings. The fourth-order valence-corrected chi connectivity index (χ4v) is 5.30. The van der Waals surface area contributed by atoms with E-state index in [0.29, 0.717) is 33.7 Å². The molecule has 1 aromatic carbocycles. The summed E-state index contributed by atoms with van der Waals surface area (Å²) in [4.78, 5) is 15.0. The van der Waals surface area contributed by atoms with Crippen LogP contribution < -0.4 is 0 Å². The predicted molar refractivity (Wildman–Crippen MR) is 117 cm³/mol. The molecule has 0 bridgehead atoms. The molecule has 1 aliphatic heterocycles. The SMILES string of the molecule is Cc1c(CO)sc(-c2ccc(C3=CC=C(C(=O)N4CC(F)C4)CC3)cc2C(F)(F)F)c1C. The Bertz CT molecular complexity index is 1120. The van der Waals surface area contributed by atoms with Gasteiger partial charge in [-0.15, -0.1) is 11.3 Å². The third-order valence-electron chi connectivity index (χ3n) is 6.18. The Morgan fingerprint density at radius 2 is 1.88 bits per heavy atom. The van der Waals surface area contributed by atoms with Crippen molar-refractivity contribution in [1.29, 1.82) is 0 Å². The number of aliphatic hydroxyl groups excluding tert-OH is 1. The van der Waals surface area contributed by atoms with E-state index in [1.165, 1.54) is 22.3 Å². The van der Waals surface area contributed by atoms with E-state index in [4.69, 9.17) is 0 Å². The van der Waals surface area contributed by atoms with Crippen LogP contribution in [0.4, 0.5) is 17.6 Å². The third-order valence-corrected chi connectivity index (χ3v) is 7.59. The highest BCUT2D eigenvalue weighted by molar-refractivity contribution is 7.15. The standard InChI is InChI=1S/C24H23F4NO2S/c1-13-14(2)22(32-21(13)12-30)19-8-7-17(9-20(19)24(26,27)28)15-3-5-16(6-4-15)23(31)29-10-18(25)11-29/h3,5,7-9,18,30H,4,6,10-12H2,1-2H3. The Morgan fingerprint density at radius 1 is 1.16 bits per heavy atom. The summed E-state index contributed by atoms with van der Waals surface area (Å²) in [6, 6.07) is 4.33. The van der Waals surface area contributed by atoms with Gasteiger partial charge < -0.3 is 10.0 Å². The van der Waals surface area contributed by atoms with Gasteiger partial charge >= 0.3 is 6.18 Å². The summed E-state index contributed by atoms with van der Waals surface area (Å²) < 4.78 is 54.9. The van der Waals surface area contributed by atoms with E-state index < -0.39 is 17.9 Å². The van der Waals surface area contributed by atoms with Crippen LogP contribution >= 0.6 is 11.3 Å². The van der Waals surface area contributed by atoms with Crippen LogP contribution in [0.3, 0.4) is 0 Å². The van der Waals surface area contributed by atoms with Crippen LogP contribution in [0.2, 0.25) is 0 Å². The van der Waals surface area contributed by atoms with Gasteiger partial charge in [-0.1, -0.05) is 24.3 Å². The molecule has 0 saturated carbocycles. The van der Waals surface area contributed by atoms with E-state index in [1.54, 1.807) is 32.1 Å². The number of carbonyl (C=O) groups excluding carboxylic acids is 1. The monoisotopic (exact) mass is 465 g/mol. The van der Waals surface area contributed by atoms with Gasteiger partial charge in [0.15, 0.2) is 0 Å². The molecule has 1 fully saturated rings. The number of benzene rings is 1. The minimum absolute atomic E-state index is 0.1000. The normalized spacial score (nSPS) is 17.2. The first-order valence-corrected chi connectivity index (χ1v) is 11.2. The Labute approximate surface area is 187 Å². The van der Waals surface area contributed by atoms with Gasteiger partial charge in [-0.25, -0.2) is 4.39 Å². The summed E-state index contributed by atoms with van der Waals surface area (Å²) >= 11 is 1.18. The van der Waals surface area contributed by atoms with Crippen molar-refractivity contribution in [3.63, 3.8) is 0 Å². The van der Waals surface area contributed by atoms with Crippen LogP contribution in [0.25, 0.3) is 16.0 Å². The van der Waals surface area contributed by atoms with E-state index in [-0.39, 0.29) is 31.2 Å². The van der Waals surface area contributed by atoms with Crippen LogP contribution in [0.15, 0.2) is 35.9 Å². The summed E-state index contributed by atoms with van der Waals surface area (Å²) in [7, 11) is 0. The number of rotatable bonds is 4. The van der Waals surface area contributed by atoms with Gasteiger partial charge in [0.25, 0.3) is 0 Å². The second-order valence-electron chi connectivity index (χ2n) is 8.21. The average Bonchev–Trinajstić information content (AvgIpc) is 3.04. The van der Waals surface area contributed by atoms with Crippen molar-refractivity contribution in [3.05, 3.63) is 63.1 Å². The molecule has 8 heteroatoms. The molecule has 1 aromatic heterocycles. The molecule has 0 atom stereocenters. The molecule has 32 heavy (non-hydrogen) atoms. The van der Waals surface area contributed by atoms with Gasteiger partial charge in [0.05, 0.1) is 25.3 Å². The zero-order valence-electron chi connectivity index (χ0n) is 17.7. The highest BCUT2D eigenvalue weighted by atomic mass is 32.1. The Morgan fingerprint density at radius 3 is 2.41 bits per heavy atom. The maximum absolute atomic E-state index is 14.0. The first-order chi connectivity index (χ1) is 15.1. The van der Waals surface area contributed by atoms with E-state index in [0.717, 1.165) is 22.8 Å². The van der Waals surface area contributed by atoms with Crippen molar-refractivity contribution in [3.8, 4) is 10.4 Å². The van der Waals surface area contributed by atoms with Crippen molar-refractivity contribution in [2.75, 3.05) is 13.1 Å². The van der Waals surface area contributed by atoms with E-state index in [1.807, 2.05) is 0 Å². The Kier molecular flexibility index (Phi) is 6.02. The van der Waals surface area contributed by atoms with Gasteiger partial charge in [0.1, 0.15) is 6.17 Å². The molecular formula is C24H23F4NO2S. The molecule has 1 aliphatic carbocycles. The van der Waals surface area contributed by atoms with Gasteiger partial charge in [-0.3, -0.25) is 4.79 Å². The smallest absolute Gasteiger partial charge is 0.391 e. The Hall–Kier alpha value is -2.45. The van der Waals surface area contributed by atoms with E-state index in [2.05, 4.69) is 0 Å². The number of carbonyl (C=O) groups is 1. The lowest BCUT2D eigenvalue weighted by Crippen LogP contribution is -2.52. The molecule has 1 amide bonds. The number of likely N-dealkylation sites (tertiary alicyclic amines) is 1. The van der Waals surface area contributed by atoms with Crippen molar-refractivity contribution < 1.29 is 27.5 Å². The Balaban J connectivity index is 1.68. The molecular weight excluding hydrogens is 442 g/mol. The summed E-state index contributed by atoms with van der Waals surface area (Å²) in [6.45, 7) is 3.56. The minimum atomic E-state index is -4.54. The zero-order valence-corrected chi connectivity index (χ0v) is 18.5. The highest BCUT2D eigenvalue weighted by Gasteiger charge is 2.36. The molecule has 0 spiro atoms. The molecule has 0 radical (unpaired) electrons. The summed E-state index contributed by atoms with van der Waals surface area (Å²) in [5.41, 5.74) is 2.67. The fourth-order valence-electron chi connectivity index (χ4n) is 4.09. The molecule has 2 heterocycles. The molecule has 0 unspecified atom stereocenters. The minimum Gasteiger partial charge on any atom is -0.391 e. The van der Waals surface area contributed by atoms with Crippen LogP contribution in [-0.4, -0.2) is 35.2 Å². The number of alkyl halides is 4. The number of hydrogen-bond acceptors (Lipinski definition) is 3. The fraction of sp³-hybridized carbons (Fsp3) is 0.375. The van der Waals surface area contributed by atoms with Gasteiger partial charge in [-0.05, 0) is 55.0 Å². The van der Waals surface area contributed by atoms with Gasteiger partial charge in [0, 0.05) is 20.9 Å². The number of thiophene rings is 1. The largest absolute Gasteiger partial charge is 0.417 e. The summed E-state index contributed by atoms with van der Waals surface area (Å²) in [5, 5.41) is 9.50. The summed E-state index contributed by atoms with van der Waals surface area (Å²) in [6.07, 6.45) is -1.35. The number of halogens is 4. The number of amides is 1. The maximum Gasteiger partial charge on any atom is 0.417 e. The van der Waals surface area contributed by atoms with E-state index >= 15 is 0 Å². The van der Waals surface area contributed by atoms with Gasteiger partial charge in [0.2, 0.25) is 5.91 Å². The van der Waals surface area contributed by atoms with E-state index in [9.17, 15) is 27.5 Å². The van der Waals surface area contributed by atoms with Crippen molar-refractivity contribution >= 4 is 22.8 Å². The zero-order chi connectivity index (χ0) is 23.2. The molecule has 1 saturated heterocycles. The highest BCUT2D eigenvalue weighted by Crippen LogP contribution is 2.44. The van der Waals surface area contributed by atoms with Crippen LogP contribution in [0.1, 0.15) is 40.0 Å². The topological polar surface area (TPSA) is 40.5 Å². The number of allylic oxidation sites excluding steroid dienone is 3. The third kappa shape index (κ3) is 4.13. The predicted octanol–water partition coefficient (Wildman–Crippen LogP) is 5.83. The molecule has 170 valence electrons. The molecule has 3 nitrogen and oxygen atoms in total. The first kappa shape index (κ1) is 22.7. The number of aliphatic hydroxyl groups is 1. The molecule has 1 N–H and O–H groups in total. The van der Waals surface area contributed by atoms with Crippen LogP contribution in [0, 0.1) is 13.8 Å². The lowest BCUT2D eigenvalue weighted by Gasteiger charge is -2.35. The van der Waals surface area contributed by atoms with Gasteiger partial charge in [-0.2, -0.15) is 13.2 Å². The van der Waals surface area contributed by atoms with Crippen LogP contribution in [-0.2, 0) is 17.6 Å². The number of nitrogens with zero attached hydrogens (tertiary/aromatic N) is 1. The number of hydrogen-bond donors (Lipinski definition) is 1. The average molecular weight is 466 g/mol. The van der Waals surface area contributed by atoms with Crippen molar-refractivity contribution in [2.24, 2.45) is 0 Å². The van der Waals surface area contributed by atoms with Crippen LogP contribution in [0.5, 0.6) is 0 Å². The molecule has 2 aliphatic rings. The first-order valence-electron chi connectivity index (χ1n) is 10.3. The molecule has 4 rings (SSSR count). The van der Waals surface area contributed by atoms with Crippen molar-refractivity contribution in [2.45, 2.75) is 45.6 Å². The second kappa shape index (κ2) is 8.48. The lowest BCUT2D eigenvalue weighted by atomic mass is 9.90. The summed E-state index contributed by atoms with van der Waals surface area (Å²) in [5.74, 6) is -0.205.